The van der Waals surface area contributed by atoms with Gasteiger partial charge in [-0.15, -0.1) is 0 Å². The number of aliphatic carboxylic acids is 1. The van der Waals surface area contributed by atoms with Crippen molar-refractivity contribution in [1.82, 2.24) is 10.0 Å². The minimum Gasteiger partial charge on any atom is -0.481 e. The Morgan fingerprint density at radius 3 is 2.50 bits per heavy atom. The number of nitrogens with one attached hydrogen (secondary N) is 2. The van der Waals surface area contributed by atoms with Crippen molar-refractivity contribution in [2.75, 3.05) is 6.54 Å². The van der Waals surface area contributed by atoms with Crippen molar-refractivity contribution in [1.29, 1.82) is 0 Å². The molecule has 0 saturated heterocycles. The number of thiol groups is 1. The zero-order valence-electron chi connectivity index (χ0n) is 5.13. The van der Waals surface area contributed by atoms with Crippen molar-refractivity contribution in [3.8, 4) is 0 Å². The molecule has 0 aliphatic heterocycles. The van der Waals surface area contributed by atoms with Gasteiger partial charge in [0.05, 0.1) is 6.42 Å². The van der Waals surface area contributed by atoms with Crippen LogP contribution in [0, 0.1) is 0 Å². The van der Waals surface area contributed by atoms with E-state index in [1.54, 1.807) is 0 Å². The number of rotatable bonds is 3. The van der Waals surface area contributed by atoms with Gasteiger partial charge in [0, 0.05) is 6.54 Å². The van der Waals surface area contributed by atoms with Crippen LogP contribution in [-0.4, -0.2) is 23.7 Å². The first kappa shape index (κ1) is 9.09. The molecular formula is C4H8N2O3S. The van der Waals surface area contributed by atoms with Crippen LogP contribution in [0.2, 0.25) is 0 Å². The van der Waals surface area contributed by atoms with Gasteiger partial charge in [-0.2, -0.15) is 0 Å². The second-order valence-corrected chi connectivity index (χ2v) is 1.74. The lowest BCUT2D eigenvalue weighted by Gasteiger charge is -1.99. The van der Waals surface area contributed by atoms with Crippen molar-refractivity contribution >= 4 is 24.8 Å². The molecule has 0 atom stereocenters. The van der Waals surface area contributed by atoms with E-state index < -0.39 is 12.0 Å². The Balaban J connectivity index is 3.20. The van der Waals surface area contributed by atoms with E-state index >= 15 is 0 Å². The highest BCUT2D eigenvalue weighted by atomic mass is 32.1. The Bertz CT molecular complexity index is 138. The number of carbonyl (C=O) groups is 2. The van der Waals surface area contributed by atoms with E-state index in [0.29, 0.717) is 0 Å². The lowest BCUT2D eigenvalue weighted by atomic mass is 10.4. The van der Waals surface area contributed by atoms with Gasteiger partial charge < -0.3 is 10.4 Å². The number of hydrogen-bond acceptors (Lipinski definition) is 3. The van der Waals surface area contributed by atoms with E-state index in [0.717, 1.165) is 0 Å². The van der Waals surface area contributed by atoms with E-state index in [1.807, 2.05) is 4.72 Å². The van der Waals surface area contributed by atoms with E-state index in [4.69, 9.17) is 5.11 Å². The largest absolute Gasteiger partial charge is 0.481 e. The molecule has 0 radical (unpaired) electrons. The van der Waals surface area contributed by atoms with Crippen LogP contribution in [0.4, 0.5) is 4.79 Å². The van der Waals surface area contributed by atoms with Gasteiger partial charge >= 0.3 is 12.0 Å². The number of amides is 2. The molecule has 0 aromatic rings. The third kappa shape index (κ3) is 5.23. The summed E-state index contributed by atoms with van der Waals surface area (Å²) in [6, 6.07) is -0.496. The van der Waals surface area contributed by atoms with Crippen LogP contribution in [0.3, 0.4) is 0 Å². The maximum atomic E-state index is 10.3. The van der Waals surface area contributed by atoms with Crippen molar-refractivity contribution in [2.24, 2.45) is 0 Å². The molecule has 0 aromatic carbocycles. The summed E-state index contributed by atoms with van der Waals surface area (Å²) in [5, 5.41) is 10.4. The SMILES string of the molecule is O=C(O)CCNC(=O)NS. The summed E-state index contributed by atoms with van der Waals surface area (Å²) in [7, 11) is 0. The monoisotopic (exact) mass is 164 g/mol. The molecule has 5 nitrogen and oxygen atoms in total. The summed E-state index contributed by atoms with van der Waals surface area (Å²) in [5.41, 5.74) is 0. The zero-order chi connectivity index (χ0) is 7.98. The predicted octanol–water partition coefficient (Wildman–Crippen LogP) is -0.395. The summed E-state index contributed by atoms with van der Waals surface area (Å²) < 4.78 is 1.99. The molecule has 2 amide bonds. The van der Waals surface area contributed by atoms with E-state index in [9.17, 15) is 9.59 Å². The molecule has 0 unspecified atom stereocenters. The third-order valence-corrected chi connectivity index (χ3v) is 0.929. The summed E-state index contributed by atoms with van der Waals surface area (Å²) >= 11 is 3.43. The number of carboxylic acids is 1. The average Bonchev–Trinajstić information content (AvgIpc) is 1.87. The van der Waals surface area contributed by atoms with Crippen LogP contribution in [0.5, 0.6) is 0 Å². The standard InChI is InChI=1S/C4H8N2O3S/c7-3(8)1-2-5-4(9)6-10/h10H,1-2H2,(H,7,8)(H2,5,6,9). The molecule has 0 saturated carbocycles. The quantitative estimate of drug-likeness (QED) is 0.429. The van der Waals surface area contributed by atoms with E-state index in [-0.39, 0.29) is 13.0 Å². The van der Waals surface area contributed by atoms with Gasteiger partial charge in [-0.25, -0.2) is 4.79 Å². The first-order chi connectivity index (χ1) is 4.66. The van der Waals surface area contributed by atoms with Crippen molar-refractivity contribution in [2.45, 2.75) is 6.42 Å². The highest BCUT2D eigenvalue weighted by Crippen LogP contribution is 1.75. The summed E-state index contributed by atoms with van der Waals surface area (Å²) in [4.78, 5) is 20.2. The minimum absolute atomic E-state index is 0.0821. The van der Waals surface area contributed by atoms with Crippen LogP contribution in [0.15, 0.2) is 0 Å². The van der Waals surface area contributed by atoms with Gasteiger partial charge in [-0.05, 0) is 0 Å². The highest BCUT2D eigenvalue weighted by Gasteiger charge is 1.98. The smallest absolute Gasteiger partial charge is 0.324 e. The van der Waals surface area contributed by atoms with E-state index in [1.165, 1.54) is 0 Å². The Labute approximate surface area is 63.3 Å². The fraction of sp³-hybridized carbons (Fsp3) is 0.500. The van der Waals surface area contributed by atoms with E-state index in [2.05, 4.69) is 18.1 Å². The molecule has 0 heterocycles. The lowest BCUT2D eigenvalue weighted by Crippen LogP contribution is -2.31. The number of carboxylic acid groups (broad SMARTS) is 1. The molecule has 0 rings (SSSR count). The lowest BCUT2D eigenvalue weighted by molar-refractivity contribution is -0.136. The van der Waals surface area contributed by atoms with Crippen LogP contribution >= 0.6 is 12.8 Å². The van der Waals surface area contributed by atoms with Crippen LogP contribution < -0.4 is 10.0 Å². The highest BCUT2D eigenvalue weighted by molar-refractivity contribution is 7.78. The topological polar surface area (TPSA) is 78.4 Å². The van der Waals surface area contributed by atoms with Gasteiger partial charge in [0.15, 0.2) is 0 Å². The van der Waals surface area contributed by atoms with Crippen LogP contribution in [-0.2, 0) is 4.79 Å². The molecule has 6 heteroatoms. The molecule has 0 aromatic heterocycles. The molecule has 0 bridgehead atoms. The van der Waals surface area contributed by atoms with Gasteiger partial charge in [0.2, 0.25) is 0 Å². The van der Waals surface area contributed by atoms with Crippen molar-refractivity contribution in [3.05, 3.63) is 0 Å². The van der Waals surface area contributed by atoms with Gasteiger partial charge in [-0.3, -0.25) is 9.52 Å². The van der Waals surface area contributed by atoms with Crippen molar-refractivity contribution in [3.63, 3.8) is 0 Å². The molecule has 58 valence electrons. The summed E-state index contributed by atoms with van der Waals surface area (Å²) in [6.45, 7) is 0.113. The van der Waals surface area contributed by atoms with Gasteiger partial charge in [0.1, 0.15) is 0 Å². The first-order valence-corrected chi connectivity index (χ1v) is 3.01. The Hall–Kier alpha value is -0.910. The zero-order valence-corrected chi connectivity index (χ0v) is 6.02. The van der Waals surface area contributed by atoms with Gasteiger partial charge in [0.25, 0.3) is 0 Å². The maximum Gasteiger partial charge on any atom is 0.324 e. The average molecular weight is 164 g/mol. The summed E-state index contributed by atoms with van der Waals surface area (Å²) in [6.07, 6.45) is -0.0821. The molecule has 0 fully saturated rings. The second-order valence-electron chi connectivity index (χ2n) is 1.51. The first-order valence-electron chi connectivity index (χ1n) is 2.56. The van der Waals surface area contributed by atoms with Crippen molar-refractivity contribution < 1.29 is 14.7 Å². The predicted molar refractivity (Wildman–Crippen MR) is 37.8 cm³/mol. The Morgan fingerprint density at radius 1 is 1.50 bits per heavy atom. The molecule has 10 heavy (non-hydrogen) atoms. The van der Waals surface area contributed by atoms with Gasteiger partial charge in [-0.1, -0.05) is 12.8 Å². The second kappa shape index (κ2) is 4.92. The molecule has 0 spiro atoms. The maximum absolute atomic E-state index is 10.3. The third-order valence-electron chi connectivity index (χ3n) is 0.726. The van der Waals surface area contributed by atoms with Crippen LogP contribution in [0.25, 0.3) is 0 Å². The number of carbonyl (C=O) groups excluding carboxylic acids is 1. The normalized spacial score (nSPS) is 8.50. The fourth-order valence-electron chi connectivity index (χ4n) is 0.322. The molecule has 0 aliphatic carbocycles. The fourth-order valence-corrected chi connectivity index (χ4v) is 0.402. The summed E-state index contributed by atoms with van der Waals surface area (Å²) in [5.74, 6) is -0.945. The minimum atomic E-state index is -0.945. The Morgan fingerprint density at radius 2 is 2.10 bits per heavy atom. The number of urea groups is 1. The van der Waals surface area contributed by atoms with Crippen LogP contribution in [0.1, 0.15) is 6.42 Å². The molecular weight excluding hydrogens is 156 g/mol. The Kier molecular flexibility index (Phi) is 4.47. The molecule has 3 N–H and O–H groups in total. The number of hydrogen-bond donors (Lipinski definition) is 4. The molecule has 0 aliphatic rings.